The minimum absolute atomic E-state index is 0.0929. The van der Waals surface area contributed by atoms with Gasteiger partial charge >= 0.3 is 0 Å². The van der Waals surface area contributed by atoms with Gasteiger partial charge in [0.25, 0.3) is 0 Å². The Morgan fingerprint density at radius 1 is 1.43 bits per heavy atom. The van der Waals surface area contributed by atoms with Crippen molar-refractivity contribution >= 4 is 5.91 Å². The lowest BCUT2D eigenvalue weighted by atomic mass is 9.78. The van der Waals surface area contributed by atoms with Crippen LogP contribution in [-0.2, 0) is 16.8 Å². The fourth-order valence-corrected chi connectivity index (χ4v) is 3.30. The van der Waals surface area contributed by atoms with Crippen LogP contribution in [0.2, 0.25) is 0 Å². The van der Waals surface area contributed by atoms with Crippen molar-refractivity contribution in [3.05, 3.63) is 29.3 Å². The van der Waals surface area contributed by atoms with Crippen molar-refractivity contribution in [2.75, 3.05) is 13.7 Å². The minimum atomic E-state index is -0.945. The molecule has 114 valence electrons. The third-order valence-electron chi connectivity index (χ3n) is 4.88. The average molecular weight is 289 g/mol. The second-order valence-electron chi connectivity index (χ2n) is 6.25. The van der Waals surface area contributed by atoms with Gasteiger partial charge in [-0.05, 0) is 55.4 Å². The summed E-state index contributed by atoms with van der Waals surface area (Å²) in [7, 11) is 1.65. The summed E-state index contributed by atoms with van der Waals surface area (Å²) in [6.45, 7) is 0.307. The third-order valence-corrected chi connectivity index (χ3v) is 4.88. The van der Waals surface area contributed by atoms with Crippen LogP contribution in [0.4, 0.5) is 0 Å². The number of methoxy groups -OCH3 is 1. The molecule has 0 radical (unpaired) electrons. The van der Waals surface area contributed by atoms with E-state index in [1.54, 1.807) is 7.11 Å². The first-order chi connectivity index (χ1) is 10.1. The number of carbonyl (C=O) groups excluding carboxylic acids is 1. The lowest BCUT2D eigenvalue weighted by Gasteiger charge is -2.35. The number of carbonyl (C=O) groups is 1. The normalized spacial score (nSPS) is 24.9. The third kappa shape index (κ3) is 2.77. The number of hydrogen-bond acceptors (Lipinski definition) is 3. The molecule has 21 heavy (non-hydrogen) atoms. The lowest BCUT2D eigenvalue weighted by molar-refractivity contribution is -0.128. The number of hydrogen-bond donors (Lipinski definition) is 2. The molecule has 0 aromatic heterocycles. The number of aryl methyl sites for hydroxylation is 1. The molecule has 0 bridgehead atoms. The molecule has 4 nitrogen and oxygen atoms in total. The van der Waals surface area contributed by atoms with Crippen LogP contribution in [-0.4, -0.2) is 24.7 Å². The van der Waals surface area contributed by atoms with Gasteiger partial charge in [0.2, 0.25) is 5.91 Å². The molecule has 1 aromatic rings. The Balaban J connectivity index is 1.74. The highest BCUT2D eigenvalue weighted by Gasteiger charge is 2.36. The average Bonchev–Trinajstić information content (AvgIpc) is 2.43. The zero-order chi connectivity index (χ0) is 14.9. The van der Waals surface area contributed by atoms with E-state index in [2.05, 4.69) is 5.32 Å². The van der Waals surface area contributed by atoms with Gasteiger partial charge in [0, 0.05) is 5.92 Å². The molecule has 1 fully saturated rings. The van der Waals surface area contributed by atoms with E-state index in [0.29, 0.717) is 13.0 Å². The Labute approximate surface area is 125 Å². The second-order valence-corrected chi connectivity index (χ2v) is 6.25. The van der Waals surface area contributed by atoms with Crippen molar-refractivity contribution in [2.24, 2.45) is 5.92 Å². The first-order valence-corrected chi connectivity index (χ1v) is 7.80. The number of nitrogens with one attached hydrogen (secondary N) is 1. The van der Waals surface area contributed by atoms with Crippen LogP contribution in [0.15, 0.2) is 18.2 Å². The van der Waals surface area contributed by atoms with Gasteiger partial charge in [-0.25, -0.2) is 0 Å². The summed E-state index contributed by atoms with van der Waals surface area (Å²) in [5.74, 6) is 1.07. The molecular weight excluding hydrogens is 266 g/mol. The molecule has 4 heteroatoms. The molecule has 2 N–H and O–H groups in total. The topological polar surface area (TPSA) is 58.6 Å². The Bertz CT molecular complexity index is 539. The number of benzene rings is 1. The van der Waals surface area contributed by atoms with Gasteiger partial charge in [-0.3, -0.25) is 4.79 Å². The molecule has 0 saturated heterocycles. The van der Waals surface area contributed by atoms with Crippen molar-refractivity contribution < 1.29 is 14.6 Å². The van der Waals surface area contributed by atoms with E-state index in [9.17, 15) is 9.90 Å². The molecule has 2 aliphatic carbocycles. The van der Waals surface area contributed by atoms with E-state index < -0.39 is 5.60 Å². The maximum atomic E-state index is 12.0. The number of ether oxygens (including phenoxy) is 1. The smallest absolute Gasteiger partial charge is 0.223 e. The first-order valence-electron chi connectivity index (χ1n) is 7.80. The fraction of sp³-hybridized carbons (Fsp3) is 0.588. The van der Waals surface area contributed by atoms with Crippen LogP contribution < -0.4 is 10.1 Å². The van der Waals surface area contributed by atoms with E-state index >= 15 is 0 Å². The van der Waals surface area contributed by atoms with Crippen molar-refractivity contribution in [3.63, 3.8) is 0 Å². The summed E-state index contributed by atoms with van der Waals surface area (Å²) < 4.78 is 5.25. The van der Waals surface area contributed by atoms with Crippen molar-refractivity contribution in [1.29, 1.82) is 0 Å². The fourth-order valence-electron chi connectivity index (χ4n) is 3.30. The van der Waals surface area contributed by atoms with Gasteiger partial charge in [0.15, 0.2) is 0 Å². The number of fused-ring (bicyclic) bond motifs is 1. The van der Waals surface area contributed by atoms with Crippen molar-refractivity contribution in [2.45, 2.75) is 44.1 Å². The van der Waals surface area contributed by atoms with Crippen LogP contribution in [0.1, 0.15) is 43.2 Å². The largest absolute Gasteiger partial charge is 0.497 e. The van der Waals surface area contributed by atoms with Crippen LogP contribution >= 0.6 is 0 Å². The van der Waals surface area contributed by atoms with Gasteiger partial charge in [-0.2, -0.15) is 0 Å². The van der Waals surface area contributed by atoms with Crippen LogP contribution in [0.5, 0.6) is 5.75 Å². The summed E-state index contributed by atoms with van der Waals surface area (Å²) in [5, 5.41) is 13.9. The summed E-state index contributed by atoms with van der Waals surface area (Å²) in [6, 6.07) is 5.80. The van der Waals surface area contributed by atoms with Gasteiger partial charge in [0.1, 0.15) is 11.4 Å². The highest BCUT2D eigenvalue weighted by Crippen LogP contribution is 2.37. The Hall–Kier alpha value is -1.55. The molecule has 0 heterocycles. The molecule has 3 rings (SSSR count). The number of aliphatic hydroxyl groups is 1. The van der Waals surface area contributed by atoms with Crippen LogP contribution in [0, 0.1) is 5.92 Å². The molecule has 0 aliphatic heterocycles. The molecule has 1 atom stereocenters. The van der Waals surface area contributed by atoms with Gasteiger partial charge in [-0.1, -0.05) is 12.5 Å². The van der Waals surface area contributed by atoms with Gasteiger partial charge in [0.05, 0.1) is 13.7 Å². The van der Waals surface area contributed by atoms with E-state index in [1.165, 1.54) is 0 Å². The van der Waals surface area contributed by atoms with Crippen molar-refractivity contribution in [1.82, 2.24) is 5.32 Å². The molecule has 1 unspecified atom stereocenters. The van der Waals surface area contributed by atoms with E-state index in [1.807, 2.05) is 18.2 Å². The number of rotatable bonds is 4. The first kappa shape index (κ1) is 14.4. The van der Waals surface area contributed by atoms with Gasteiger partial charge in [-0.15, -0.1) is 0 Å². The molecule has 1 saturated carbocycles. The quantitative estimate of drug-likeness (QED) is 0.893. The molecule has 0 spiro atoms. The summed E-state index contributed by atoms with van der Waals surface area (Å²) >= 11 is 0. The second kappa shape index (κ2) is 5.68. The molecule has 1 aromatic carbocycles. The SMILES string of the molecule is COc1ccc2c(c1)CCCC2(O)CNC(=O)C1CCC1. The zero-order valence-electron chi connectivity index (χ0n) is 12.5. The summed E-state index contributed by atoms with van der Waals surface area (Å²) in [5.41, 5.74) is 1.11. The predicted octanol–water partition coefficient (Wildman–Crippen LogP) is 2.14. The molecule has 2 aliphatic rings. The van der Waals surface area contributed by atoms with Crippen molar-refractivity contribution in [3.8, 4) is 5.75 Å². The van der Waals surface area contributed by atoms with Gasteiger partial charge < -0.3 is 15.2 Å². The summed E-state index contributed by atoms with van der Waals surface area (Å²) in [6.07, 6.45) is 5.68. The molecule has 1 amide bonds. The Morgan fingerprint density at radius 3 is 2.90 bits per heavy atom. The minimum Gasteiger partial charge on any atom is -0.497 e. The summed E-state index contributed by atoms with van der Waals surface area (Å²) in [4.78, 5) is 12.0. The standard InChI is InChI=1S/C17H23NO3/c1-21-14-7-8-15-13(10-14)6-3-9-17(15,20)11-18-16(19)12-4-2-5-12/h7-8,10,12,20H,2-6,9,11H2,1H3,(H,18,19). The molecular formula is C17H23NO3. The maximum Gasteiger partial charge on any atom is 0.223 e. The van der Waals surface area contributed by atoms with E-state index in [-0.39, 0.29) is 11.8 Å². The van der Waals surface area contributed by atoms with Crippen LogP contribution in [0.25, 0.3) is 0 Å². The highest BCUT2D eigenvalue weighted by atomic mass is 16.5. The lowest BCUT2D eigenvalue weighted by Crippen LogP contribution is -2.45. The number of amides is 1. The monoisotopic (exact) mass is 289 g/mol. The highest BCUT2D eigenvalue weighted by molar-refractivity contribution is 5.79. The maximum absolute atomic E-state index is 12.0. The Morgan fingerprint density at radius 2 is 2.24 bits per heavy atom. The predicted molar refractivity (Wildman–Crippen MR) is 80.2 cm³/mol. The Kier molecular flexibility index (Phi) is 3.89. The van der Waals surface area contributed by atoms with Crippen LogP contribution in [0.3, 0.4) is 0 Å². The van der Waals surface area contributed by atoms with E-state index in [4.69, 9.17) is 4.74 Å². The van der Waals surface area contributed by atoms with E-state index in [0.717, 1.165) is 49.0 Å². The zero-order valence-corrected chi connectivity index (χ0v) is 12.5.